The van der Waals surface area contributed by atoms with Crippen LogP contribution in [-0.4, -0.2) is 27.2 Å². The molecule has 3 rings (SSSR count). The summed E-state index contributed by atoms with van der Waals surface area (Å²) in [4.78, 5) is -0.185. The molecule has 0 heterocycles. The highest BCUT2D eigenvalue weighted by atomic mass is 127. The second kappa shape index (κ2) is 10.3. The molecule has 142 valence electrons. The second-order valence-electron chi connectivity index (χ2n) is 5.18. The van der Waals surface area contributed by atoms with Crippen LogP contribution in [0.5, 0.6) is 11.5 Å². The molecule has 0 fully saturated rings. The van der Waals surface area contributed by atoms with Gasteiger partial charge in [0.15, 0.2) is 7.14 Å². The van der Waals surface area contributed by atoms with Crippen molar-refractivity contribution in [2.45, 2.75) is 4.90 Å². The van der Waals surface area contributed by atoms with Crippen LogP contribution in [-0.2, 0) is 10.1 Å². The van der Waals surface area contributed by atoms with Gasteiger partial charge in [0.1, 0.15) is 21.6 Å². The van der Waals surface area contributed by atoms with E-state index < -0.39 is 10.1 Å². The summed E-state index contributed by atoms with van der Waals surface area (Å²) in [5.41, 5.74) is 0. The molecule has 0 aromatic heterocycles. The molecule has 7 heteroatoms. The van der Waals surface area contributed by atoms with E-state index in [0.29, 0.717) is 0 Å². The molecule has 0 spiro atoms. The largest absolute Gasteiger partial charge is 0.744 e. The van der Waals surface area contributed by atoms with Crippen molar-refractivity contribution in [3.8, 4) is 11.5 Å². The van der Waals surface area contributed by atoms with Gasteiger partial charge in [-0.15, -0.1) is 0 Å². The van der Waals surface area contributed by atoms with Crippen molar-refractivity contribution in [3.05, 3.63) is 86.0 Å². The molecule has 0 aliphatic carbocycles. The number of halogens is 1. The molecule has 0 radical (unpaired) electrons. The van der Waals surface area contributed by atoms with Crippen LogP contribution < -0.4 is 30.7 Å². The maximum absolute atomic E-state index is 10.3. The smallest absolute Gasteiger partial charge is 0.357 e. The molecule has 5 nitrogen and oxygen atoms in total. The Morgan fingerprint density at radius 2 is 1.11 bits per heavy atom. The topological polar surface area (TPSA) is 75.7 Å². The molecule has 0 saturated heterocycles. The Labute approximate surface area is 170 Å². The van der Waals surface area contributed by atoms with Crippen molar-refractivity contribution in [1.82, 2.24) is 0 Å². The van der Waals surface area contributed by atoms with Gasteiger partial charge in [-0.2, -0.15) is 0 Å². The lowest BCUT2D eigenvalue weighted by Gasteiger charge is -2.04. The Bertz CT molecular complexity index is 879. The quantitative estimate of drug-likeness (QED) is 0.377. The molecular weight excluding hydrogens is 479 g/mol. The summed E-state index contributed by atoms with van der Waals surface area (Å²) >= 11 is -0.119. The third kappa shape index (κ3) is 7.20. The van der Waals surface area contributed by atoms with Crippen molar-refractivity contribution in [2.75, 3.05) is 14.2 Å². The fourth-order valence-electron chi connectivity index (χ4n) is 1.98. The molecule has 3 aromatic rings. The summed E-state index contributed by atoms with van der Waals surface area (Å²) in [6.45, 7) is 0. The number of hydrogen-bond donors (Lipinski definition) is 0. The average molecular weight is 498 g/mol. The molecule has 0 amide bonds. The van der Waals surface area contributed by atoms with Gasteiger partial charge in [0, 0.05) is 0 Å². The number of methoxy groups -OCH3 is 2. The lowest BCUT2D eigenvalue weighted by molar-refractivity contribution is -0.597. The number of benzene rings is 3. The highest BCUT2D eigenvalue weighted by Crippen LogP contribution is 2.08. The van der Waals surface area contributed by atoms with Crippen molar-refractivity contribution in [1.29, 1.82) is 0 Å². The van der Waals surface area contributed by atoms with Gasteiger partial charge in [0.2, 0.25) is 0 Å². The van der Waals surface area contributed by atoms with Crippen LogP contribution in [0.1, 0.15) is 0 Å². The number of rotatable bonds is 5. The molecule has 3 aromatic carbocycles. The highest BCUT2D eigenvalue weighted by molar-refractivity contribution is 7.85. The summed E-state index contributed by atoms with van der Waals surface area (Å²) in [6.07, 6.45) is 0. The Hall–Kier alpha value is -2.10. The normalized spacial score (nSPS) is 10.5. The number of ether oxygens (including phenoxy) is 2. The minimum atomic E-state index is -4.25. The van der Waals surface area contributed by atoms with Gasteiger partial charge in [-0.25, -0.2) is 8.42 Å². The summed E-state index contributed by atoms with van der Waals surface area (Å²) in [6, 6.07) is 23.8. The fraction of sp³-hybridized carbons (Fsp3) is 0.100. The molecular formula is C20H19IO5S. The van der Waals surface area contributed by atoms with E-state index in [-0.39, 0.29) is 26.1 Å². The Morgan fingerprint density at radius 1 is 0.704 bits per heavy atom. The molecule has 0 atom stereocenters. The van der Waals surface area contributed by atoms with Gasteiger partial charge < -0.3 is 14.0 Å². The van der Waals surface area contributed by atoms with Gasteiger partial charge in [-0.1, -0.05) is 18.2 Å². The summed E-state index contributed by atoms with van der Waals surface area (Å²) < 4.78 is 43.9. The first-order chi connectivity index (χ1) is 12.9. The Morgan fingerprint density at radius 3 is 1.41 bits per heavy atom. The predicted molar refractivity (Wildman–Crippen MR) is 97.8 cm³/mol. The van der Waals surface area contributed by atoms with Gasteiger partial charge in [0.05, 0.1) is 19.1 Å². The third-order valence-corrected chi connectivity index (χ3v) is 6.88. The fourth-order valence-corrected chi connectivity index (χ4v) is 4.63. The van der Waals surface area contributed by atoms with E-state index in [0.717, 1.165) is 11.5 Å². The van der Waals surface area contributed by atoms with E-state index in [9.17, 15) is 13.0 Å². The van der Waals surface area contributed by atoms with Gasteiger partial charge >= 0.3 is 21.2 Å². The zero-order valence-electron chi connectivity index (χ0n) is 14.8. The first-order valence-electron chi connectivity index (χ1n) is 7.86. The monoisotopic (exact) mass is 498 g/mol. The van der Waals surface area contributed by atoms with E-state index in [2.05, 4.69) is 24.3 Å². The van der Waals surface area contributed by atoms with Gasteiger partial charge in [-0.3, -0.25) is 0 Å². The summed E-state index contributed by atoms with van der Waals surface area (Å²) in [7, 11) is -0.877. The van der Waals surface area contributed by atoms with Crippen molar-refractivity contribution >= 4 is 10.1 Å². The van der Waals surface area contributed by atoms with Crippen molar-refractivity contribution < 1.29 is 43.6 Å². The van der Waals surface area contributed by atoms with E-state index in [4.69, 9.17) is 9.47 Å². The van der Waals surface area contributed by atoms with Crippen LogP contribution >= 0.6 is 0 Å². The zero-order chi connectivity index (χ0) is 19.7. The lowest BCUT2D eigenvalue weighted by Crippen LogP contribution is -3.61. The van der Waals surface area contributed by atoms with Crippen LogP contribution in [0.2, 0.25) is 0 Å². The maximum atomic E-state index is 10.3. The first-order valence-corrected chi connectivity index (χ1v) is 11.4. The zero-order valence-corrected chi connectivity index (χ0v) is 17.8. The van der Waals surface area contributed by atoms with Crippen LogP contribution in [0.4, 0.5) is 0 Å². The predicted octanol–water partition coefficient (Wildman–Crippen LogP) is 0.423. The lowest BCUT2D eigenvalue weighted by atomic mass is 10.3. The van der Waals surface area contributed by atoms with Crippen LogP contribution in [0.15, 0.2) is 83.8 Å². The average Bonchev–Trinajstić information content (AvgIpc) is 2.70. The van der Waals surface area contributed by atoms with Gasteiger partial charge in [-0.05, 0) is 60.7 Å². The van der Waals surface area contributed by atoms with Crippen molar-refractivity contribution in [3.63, 3.8) is 0 Å². The highest BCUT2D eigenvalue weighted by Gasteiger charge is 2.15. The molecule has 0 bridgehead atoms. The van der Waals surface area contributed by atoms with Crippen LogP contribution in [0.3, 0.4) is 0 Å². The molecule has 27 heavy (non-hydrogen) atoms. The van der Waals surface area contributed by atoms with E-state index in [1.54, 1.807) is 20.3 Å². The molecule has 0 aliphatic heterocycles. The summed E-state index contributed by atoms with van der Waals surface area (Å²) in [5, 5.41) is 0. The molecule has 0 N–H and O–H groups in total. The van der Waals surface area contributed by atoms with Crippen LogP contribution in [0, 0.1) is 7.14 Å². The van der Waals surface area contributed by atoms with Gasteiger partial charge in [0.25, 0.3) is 0 Å². The van der Waals surface area contributed by atoms with Crippen LogP contribution in [0.25, 0.3) is 0 Å². The SMILES string of the molecule is COc1ccc([I+]c2ccc(OC)cc2)cc1.O=S(=O)([O-])c1ccccc1. The first kappa shape index (κ1) is 21.2. The van der Waals surface area contributed by atoms with E-state index in [1.807, 2.05) is 24.3 Å². The summed E-state index contributed by atoms with van der Waals surface area (Å²) in [5.74, 6) is 1.82. The van der Waals surface area contributed by atoms with Crippen molar-refractivity contribution in [2.24, 2.45) is 0 Å². The standard InChI is InChI=1S/C14H14IO2.C6H6O3S/c1-16-13-7-3-11(4-8-13)15-12-5-9-14(17-2)10-6-12;7-10(8,9)6-4-2-1-3-5-6/h3-10H,1-2H3;1-5H,(H,7,8,9)/q+1;/p-1. The molecule has 0 unspecified atom stereocenters. The minimum Gasteiger partial charge on any atom is -0.744 e. The second-order valence-corrected chi connectivity index (χ2v) is 9.59. The molecule has 0 saturated carbocycles. The Kier molecular flexibility index (Phi) is 8.08. The maximum Gasteiger partial charge on any atom is 0.357 e. The number of hydrogen-bond acceptors (Lipinski definition) is 5. The minimum absolute atomic E-state index is 0.119. The molecule has 0 aliphatic rings. The third-order valence-electron chi connectivity index (χ3n) is 3.35. The van der Waals surface area contributed by atoms with E-state index >= 15 is 0 Å². The van der Waals surface area contributed by atoms with E-state index in [1.165, 1.54) is 31.4 Å². The Balaban J connectivity index is 0.000000223.